The van der Waals surface area contributed by atoms with Crippen molar-refractivity contribution in [1.82, 2.24) is 9.80 Å². The lowest BCUT2D eigenvalue weighted by atomic mass is 9.63. The summed E-state index contributed by atoms with van der Waals surface area (Å²) in [4.78, 5) is 17.6. The molecule has 1 aromatic rings. The van der Waals surface area contributed by atoms with Crippen LogP contribution in [-0.2, 0) is 11.2 Å². The monoisotopic (exact) mass is 300 g/mol. The molecular weight excluding hydrogens is 272 g/mol. The van der Waals surface area contributed by atoms with Crippen LogP contribution in [0.25, 0.3) is 0 Å². The molecule has 3 rings (SSSR count). The molecule has 1 unspecified atom stereocenters. The van der Waals surface area contributed by atoms with Gasteiger partial charge in [0, 0.05) is 26.2 Å². The third kappa shape index (κ3) is 2.67. The fraction of sp³-hybridized carbons (Fsp3) is 0.632. The lowest BCUT2D eigenvalue weighted by Crippen LogP contribution is -2.62. The Morgan fingerprint density at radius 3 is 2.55 bits per heavy atom. The van der Waals surface area contributed by atoms with Gasteiger partial charge in [0.2, 0.25) is 5.91 Å². The van der Waals surface area contributed by atoms with E-state index in [1.807, 2.05) is 11.9 Å². The third-order valence-corrected chi connectivity index (χ3v) is 5.71. The minimum Gasteiger partial charge on any atom is -0.345 e. The summed E-state index contributed by atoms with van der Waals surface area (Å²) in [5.74, 6) is 0.893. The van der Waals surface area contributed by atoms with Crippen molar-refractivity contribution in [3.05, 3.63) is 35.9 Å². The number of piperidine rings is 2. The summed E-state index contributed by atoms with van der Waals surface area (Å²) in [6.07, 6.45) is 3.19. The van der Waals surface area contributed by atoms with E-state index in [0.29, 0.717) is 17.9 Å². The Balaban J connectivity index is 1.95. The number of fused-ring (bicyclic) bond motifs is 1. The first-order valence-electron chi connectivity index (χ1n) is 8.56. The molecule has 120 valence electrons. The van der Waals surface area contributed by atoms with Gasteiger partial charge in [0.15, 0.2) is 0 Å². The van der Waals surface area contributed by atoms with Crippen LogP contribution in [0.1, 0.15) is 32.3 Å². The summed E-state index contributed by atoms with van der Waals surface area (Å²) >= 11 is 0. The second kappa shape index (κ2) is 6.04. The molecule has 2 saturated heterocycles. The summed E-state index contributed by atoms with van der Waals surface area (Å²) in [5, 5.41) is 0. The molecule has 2 aliphatic heterocycles. The average Bonchev–Trinajstić information content (AvgIpc) is 2.52. The largest absolute Gasteiger partial charge is 0.345 e. The predicted molar refractivity (Wildman–Crippen MR) is 89.6 cm³/mol. The third-order valence-electron chi connectivity index (χ3n) is 5.71. The van der Waals surface area contributed by atoms with Gasteiger partial charge in [-0.3, -0.25) is 9.69 Å². The molecule has 0 aromatic heterocycles. The number of hydrogen-bond donors (Lipinski definition) is 0. The molecule has 3 heteroatoms. The lowest BCUT2D eigenvalue weighted by molar-refractivity contribution is -0.156. The summed E-state index contributed by atoms with van der Waals surface area (Å²) < 4.78 is 0. The molecule has 0 spiro atoms. The Kier molecular flexibility index (Phi) is 4.26. The quantitative estimate of drug-likeness (QED) is 0.857. The number of amides is 1. The van der Waals surface area contributed by atoms with Crippen LogP contribution < -0.4 is 0 Å². The zero-order valence-electron chi connectivity index (χ0n) is 14.1. The van der Waals surface area contributed by atoms with Crippen LogP contribution in [0.15, 0.2) is 30.3 Å². The van der Waals surface area contributed by atoms with Gasteiger partial charge in [-0.05, 0) is 51.1 Å². The van der Waals surface area contributed by atoms with Crippen molar-refractivity contribution in [1.29, 1.82) is 0 Å². The van der Waals surface area contributed by atoms with E-state index < -0.39 is 0 Å². The van der Waals surface area contributed by atoms with Crippen molar-refractivity contribution in [3.8, 4) is 0 Å². The highest BCUT2D eigenvalue weighted by atomic mass is 16.2. The van der Waals surface area contributed by atoms with Crippen LogP contribution in [0.2, 0.25) is 0 Å². The van der Waals surface area contributed by atoms with Gasteiger partial charge in [-0.15, -0.1) is 0 Å². The molecule has 3 nitrogen and oxygen atoms in total. The van der Waals surface area contributed by atoms with E-state index in [1.165, 1.54) is 5.56 Å². The molecular formula is C19H28N2O. The molecule has 1 amide bonds. The molecule has 0 bridgehead atoms. The molecule has 2 aliphatic rings. The van der Waals surface area contributed by atoms with E-state index in [2.05, 4.69) is 49.1 Å². The van der Waals surface area contributed by atoms with Crippen molar-refractivity contribution in [2.45, 2.75) is 39.2 Å². The van der Waals surface area contributed by atoms with Crippen molar-refractivity contribution < 1.29 is 4.79 Å². The van der Waals surface area contributed by atoms with Crippen molar-refractivity contribution in [3.63, 3.8) is 0 Å². The molecule has 22 heavy (non-hydrogen) atoms. The topological polar surface area (TPSA) is 23.6 Å². The molecule has 0 radical (unpaired) electrons. The highest BCUT2D eigenvalue weighted by molar-refractivity contribution is 5.84. The standard InChI is InChI=1S/C19H28N2O/c1-15(2)21-12-10-17-9-11-20(3)18(22)19(17,14-21)13-16-7-5-4-6-8-16/h4-8,15,17H,9-14H2,1-3H3/t17?,19-/m1/s1. The van der Waals surface area contributed by atoms with E-state index in [0.717, 1.165) is 38.9 Å². The first-order chi connectivity index (χ1) is 10.5. The average molecular weight is 300 g/mol. The molecule has 1 aromatic carbocycles. The van der Waals surface area contributed by atoms with Gasteiger partial charge in [-0.1, -0.05) is 30.3 Å². The number of carbonyl (C=O) groups is 1. The molecule has 0 N–H and O–H groups in total. The van der Waals surface area contributed by atoms with E-state index in [4.69, 9.17) is 0 Å². The van der Waals surface area contributed by atoms with Gasteiger partial charge in [-0.2, -0.15) is 0 Å². The Morgan fingerprint density at radius 2 is 1.86 bits per heavy atom. The zero-order valence-corrected chi connectivity index (χ0v) is 14.1. The summed E-state index contributed by atoms with van der Waals surface area (Å²) in [7, 11) is 1.97. The van der Waals surface area contributed by atoms with Crippen LogP contribution in [0.5, 0.6) is 0 Å². The van der Waals surface area contributed by atoms with E-state index in [1.54, 1.807) is 0 Å². The number of hydrogen-bond acceptors (Lipinski definition) is 2. The van der Waals surface area contributed by atoms with Crippen LogP contribution in [0.4, 0.5) is 0 Å². The summed E-state index contributed by atoms with van der Waals surface area (Å²) in [5.41, 5.74) is 1.07. The van der Waals surface area contributed by atoms with Crippen LogP contribution >= 0.6 is 0 Å². The summed E-state index contributed by atoms with van der Waals surface area (Å²) in [6.45, 7) is 7.45. The Bertz CT molecular complexity index is 527. The van der Waals surface area contributed by atoms with Gasteiger partial charge in [0.25, 0.3) is 0 Å². The van der Waals surface area contributed by atoms with Crippen molar-refractivity contribution in [2.75, 3.05) is 26.7 Å². The van der Waals surface area contributed by atoms with Gasteiger partial charge in [0.1, 0.15) is 0 Å². The number of rotatable bonds is 3. The van der Waals surface area contributed by atoms with Gasteiger partial charge in [0.05, 0.1) is 5.41 Å². The van der Waals surface area contributed by atoms with Gasteiger partial charge in [-0.25, -0.2) is 0 Å². The van der Waals surface area contributed by atoms with Crippen LogP contribution in [0, 0.1) is 11.3 Å². The maximum absolute atomic E-state index is 13.2. The second-order valence-electron chi connectivity index (χ2n) is 7.38. The number of nitrogens with zero attached hydrogens (tertiary/aromatic N) is 2. The highest BCUT2D eigenvalue weighted by Crippen LogP contribution is 2.45. The van der Waals surface area contributed by atoms with Crippen molar-refractivity contribution >= 4 is 5.91 Å². The summed E-state index contributed by atoms with van der Waals surface area (Å²) in [6, 6.07) is 11.1. The molecule has 2 heterocycles. The fourth-order valence-electron chi connectivity index (χ4n) is 4.34. The Hall–Kier alpha value is -1.35. The molecule has 2 fully saturated rings. The fourth-order valence-corrected chi connectivity index (χ4v) is 4.34. The first kappa shape index (κ1) is 15.5. The first-order valence-corrected chi connectivity index (χ1v) is 8.56. The molecule has 0 saturated carbocycles. The Morgan fingerprint density at radius 1 is 1.18 bits per heavy atom. The predicted octanol–water partition coefficient (Wildman–Crippen LogP) is 2.81. The number of likely N-dealkylation sites (tertiary alicyclic amines) is 2. The normalized spacial score (nSPS) is 29.7. The van der Waals surface area contributed by atoms with E-state index in [-0.39, 0.29) is 5.41 Å². The lowest BCUT2D eigenvalue weighted by Gasteiger charge is -2.53. The number of benzene rings is 1. The zero-order chi connectivity index (χ0) is 15.7. The SMILES string of the molecule is CC(C)N1CCC2CCN(C)C(=O)[C@]2(Cc2ccccc2)C1. The Labute approximate surface area is 134 Å². The molecule has 0 aliphatic carbocycles. The minimum absolute atomic E-state index is 0.225. The van der Waals surface area contributed by atoms with E-state index in [9.17, 15) is 4.79 Å². The van der Waals surface area contributed by atoms with Gasteiger partial charge >= 0.3 is 0 Å². The van der Waals surface area contributed by atoms with Gasteiger partial charge < -0.3 is 4.90 Å². The van der Waals surface area contributed by atoms with Crippen LogP contribution in [0.3, 0.4) is 0 Å². The van der Waals surface area contributed by atoms with Crippen LogP contribution in [-0.4, -0.2) is 48.4 Å². The molecule has 2 atom stereocenters. The maximum Gasteiger partial charge on any atom is 0.230 e. The highest BCUT2D eigenvalue weighted by Gasteiger charge is 2.52. The minimum atomic E-state index is -0.225. The number of carbonyl (C=O) groups excluding carboxylic acids is 1. The van der Waals surface area contributed by atoms with E-state index >= 15 is 0 Å². The smallest absolute Gasteiger partial charge is 0.230 e. The second-order valence-corrected chi connectivity index (χ2v) is 7.38. The maximum atomic E-state index is 13.2. The van der Waals surface area contributed by atoms with Crippen molar-refractivity contribution in [2.24, 2.45) is 11.3 Å².